The molecule has 1 aliphatic carbocycles. The number of halogens is 4. The summed E-state index contributed by atoms with van der Waals surface area (Å²) in [5, 5.41) is 20.6. The molecule has 0 bridgehead atoms. The van der Waals surface area contributed by atoms with E-state index in [4.69, 9.17) is 11.6 Å². The summed E-state index contributed by atoms with van der Waals surface area (Å²) in [5.41, 5.74) is -0.170. The Kier molecular flexibility index (Phi) is 5.38. The Morgan fingerprint density at radius 1 is 1.03 bits per heavy atom. The maximum absolute atomic E-state index is 13.6. The number of rotatable bonds is 6. The topological polar surface area (TPSA) is 74.3 Å². The van der Waals surface area contributed by atoms with Gasteiger partial charge in [0.15, 0.2) is 11.0 Å². The van der Waals surface area contributed by atoms with Gasteiger partial charge >= 0.3 is 6.18 Å². The largest absolute Gasteiger partial charge is 0.418 e. The van der Waals surface area contributed by atoms with Crippen molar-refractivity contribution in [3.8, 4) is 11.4 Å². The van der Waals surface area contributed by atoms with Crippen LogP contribution in [0.2, 0.25) is 5.02 Å². The molecular weight excluding hydrogens is 463 g/mol. The molecule has 1 saturated carbocycles. The Balaban J connectivity index is 1.47. The molecule has 1 fully saturated rings. The Bertz CT molecular complexity index is 1250. The fourth-order valence-electron chi connectivity index (χ4n) is 3.33. The minimum atomic E-state index is -4.61. The van der Waals surface area contributed by atoms with Crippen molar-refractivity contribution in [3.05, 3.63) is 70.8 Å². The Labute approximate surface area is 189 Å². The van der Waals surface area contributed by atoms with Gasteiger partial charge < -0.3 is 0 Å². The van der Waals surface area contributed by atoms with Crippen molar-refractivity contribution in [3.63, 3.8) is 0 Å². The molecule has 4 aromatic rings. The predicted molar refractivity (Wildman–Crippen MR) is 112 cm³/mol. The van der Waals surface area contributed by atoms with Crippen LogP contribution < -0.4 is 0 Å². The fourth-order valence-corrected chi connectivity index (χ4v) is 4.37. The third-order valence-electron chi connectivity index (χ3n) is 4.97. The summed E-state index contributed by atoms with van der Waals surface area (Å²) in [6.07, 6.45) is -2.49. The van der Waals surface area contributed by atoms with Gasteiger partial charge in [-0.05, 0) is 53.6 Å². The number of hydrogen-bond acceptors (Lipinski definition) is 6. The first-order valence-corrected chi connectivity index (χ1v) is 11.1. The Morgan fingerprint density at radius 3 is 2.53 bits per heavy atom. The number of tetrazole rings is 1. The van der Waals surface area contributed by atoms with Crippen molar-refractivity contribution in [2.45, 2.75) is 35.8 Å². The Morgan fingerprint density at radius 2 is 1.81 bits per heavy atom. The molecule has 0 unspecified atom stereocenters. The summed E-state index contributed by atoms with van der Waals surface area (Å²) in [6.45, 7) is 0. The second kappa shape index (κ2) is 8.21. The number of hydrogen-bond donors (Lipinski definition) is 0. The van der Waals surface area contributed by atoms with Gasteiger partial charge in [0.05, 0.1) is 17.0 Å². The van der Waals surface area contributed by atoms with E-state index in [0.29, 0.717) is 11.1 Å². The lowest BCUT2D eigenvalue weighted by molar-refractivity contribution is -0.137. The van der Waals surface area contributed by atoms with Crippen LogP contribution in [0.3, 0.4) is 0 Å². The van der Waals surface area contributed by atoms with Gasteiger partial charge in [-0.1, -0.05) is 41.6 Å². The number of para-hydroxylation sites is 1. The average Bonchev–Trinajstić information content (AvgIpc) is 3.36. The van der Waals surface area contributed by atoms with Crippen LogP contribution in [0.1, 0.15) is 36.0 Å². The van der Waals surface area contributed by atoms with Crippen molar-refractivity contribution < 1.29 is 13.2 Å². The Hall–Kier alpha value is -2.92. The molecule has 2 aromatic carbocycles. The number of thioether (sulfide) groups is 1. The SMILES string of the molecule is FC(F)(F)c1cc(Cl)ccc1-n1nnnc1CSc1nnc(C2CC2)n1-c1ccccc1. The zero-order valence-electron chi connectivity index (χ0n) is 16.4. The third-order valence-corrected chi connectivity index (χ3v) is 6.13. The summed E-state index contributed by atoms with van der Waals surface area (Å²) in [5.74, 6) is 1.70. The van der Waals surface area contributed by atoms with E-state index in [9.17, 15) is 13.2 Å². The lowest BCUT2D eigenvalue weighted by Crippen LogP contribution is -2.13. The first kappa shape index (κ1) is 21.0. The van der Waals surface area contributed by atoms with Crippen LogP contribution in [0.25, 0.3) is 11.4 Å². The van der Waals surface area contributed by atoms with E-state index in [2.05, 4.69) is 25.7 Å². The van der Waals surface area contributed by atoms with E-state index < -0.39 is 11.7 Å². The molecule has 7 nitrogen and oxygen atoms in total. The lowest BCUT2D eigenvalue weighted by Gasteiger charge is -2.14. The van der Waals surface area contributed by atoms with Crippen molar-refractivity contribution >= 4 is 23.4 Å². The van der Waals surface area contributed by atoms with E-state index in [1.165, 1.54) is 23.9 Å². The first-order chi connectivity index (χ1) is 15.4. The third kappa shape index (κ3) is 4.09. The van der Waals surface area contributed by atoms with Crippen LogP contribution in [-0.4, -0.2) is 35.0 Å². The first-order valence-electron chi connectivity index (χ1n) is 9.70. The molecule has 32 heavy (non-hydrogen) atoms. The minimum absolute atomic E-state index is 0.0198. The van der Waals surface area contributed by atoms with Gasteiger partial charge in [0.25, 0.3) is 0 Å². The van der Waals surface area contributed by atoms with Gasteiger partial charge in [0.2, 0.25) is 0 Å². The molecule has 0 amide bonds. The van der Waals surface area contributed by atoms with Crippen molar-refractivity contribution in [1.29, 1.82) is 0 Å². The van der Waals surface area contributed by atoms with Gasteiger partial charge in [0, 0.05) is 16.6 Å². The normalized spacial score (nSPS) is 14.1. The number of nitrogens with zero attached hydrogens (tertiary/aromatic N) is 7. The van der Waals surface area contributed by atoms with Gasteiger partial charge in [-0.25, -0.2) is 0 Å². The van der Waals surface area contributed by atoms with E-state index >= 15 is 0 Å². The predicted octanol–water partition coefficient (Wildman–Crippen LogP) is 5.08. The summed E-state index contributed by atoms with van der Waals surface area (Å²) < 4.78 is 43.7. The van der Waals surface area contributed by atoms with Crippen LogP contribution in [-0.2, 0) is 11.9 Å². The van der Waals surface area contributed by atoms with Gasteiger partial charge in [-0.3, -0.25) is 4.57 Å². The van der Waals surface area contributed by atoms with Gasteiger partial charge in [-0.15, -0.1) is 15.3 Å². The molecule has 2 heterocycles. The second-order valence-corrected chi connectivity index (χ2v) is 8.62. The van der Waals surface area contributed by atoms with Crippen molar-refractivity contribution in [2.24, 2.45) is 0 Å². The summed E-state index contributed by atoms with van der Waals surface area (Å²) in [6, 6.07) is 13.2. The van der Waals surface area contributed by atoms with Crippen molar-refractivity contribution in [1.82, 2.24) is 35.0 Å². The number of benzene rings is 2. The second-order valence-electron chi connectivity index (χ2n) is 7.24. The van der Waals surface area contributed by atoms with E-state index in [0.717, 1.165) is 35.1 Å². The monoisotopic (exact) mass is 477 g/mol. The minimum Gasteiger partial charge on any atom is -0.274 e. The summed E-state index contributed by atoms with van der Waals surface area (Å²) in [7, 11) is 0. The molecule has 12 heteroatoms. The molecular formula is C20H15ClF3N7S. The zero-order valence-corrected chi connectivity index (χ0v) is 17.9. The maximum atomic E-state index is 13.6. The molecule has 0 spiro atoms. The zero-order chi connectivity index (χ0) is 22.3. The number of alkyl halides is 3. The summed E-state index contributed by atoms with van der Waals surface area (Å²) >= 11 is 7.10. The highest BCUT2D eigenvalue weighted by molar-refractivity contribution is 7.98. The van der Waals surface area contributed by atoms with Crippen LogP contribution in [0.4, 0.5) is 13.2 Å². The highest BCUT2D eigenvalue weighted by atomic mass is 35.5. The van der Waals surface area contributed by atoms with Crippen LogP contribution in [0.15, 0.2) is 53.7 Å². The quantitative estimate of drug-likeness (QED) is 0.360. The fraction of sp³-hybridized carbons (Fsp3) is 0.250. The van der Waals surface area contributed by atoms with Crippen LogP contribution in [0.5, 0.6) is 0 Å². The smallest absolute Gasteiger partial charge is 0.274 e. The highest BCUT2D eigenvalue weighted by Crippen LogP contribution is 2.41. The molecule has 0 radical (unpaired) electrons. The molecule has 0 N–H and O–H groups in total. The van der Waals surface area contributed by atoms with Crippen molar-refractivity contribution in [2.75, 3.05) is 0 Å². The molecule has 1 aliphatic rings. The molecule has 0 saturated heterocycles. The van der Waals surface area contributed by atoms with Gasteiger partial charge in [-0.2, -0.15) is 17.9 Å². The van der Waals surface area contributed by atoms with E-state index in [-0.39, 0.29) is 22.3 Å². The number of aromatic nitrogens is 7. The average molecular weight is 478 g/mol. The van der Waals surface area contributed by atoms with E-state index in [1.54, 1.807) is 0 Å². The lowest BCUT2D eigenvalue weighted by atomic mass is 10.1. The molecule has 164 valence electrons. The molecule has 5 rings (SSSR count). The van der Waals surface area contributed by atoms with E-state index in [1.807, 2.05) is 34.9 Å². The van der Waals surface area contributed by atoms with Crippen LogP contribution >= 0.6 is 23.4 Å². The maximum Gasteiger partial charge on any atom is 0.418 e. The van der Waals surface area contributed by atoms with Gasteiger partial charge in [0.1, 0.15) is 5.82 Å². The molecule has 2 aromatic heterocycles. The summed E-state index contributed by atoms with van der Waals surface area (Å²) in [4.78, 5) is 0. The standard InChI is InChI=1S/C20H15ClF3N7S/c21-13-8-9-16(15(10-13)20(22,23)24)31-17(25-28-29-31)11-32-19-27-26-18(12-6-7-12)30(19)14-4-2-1-3-5-14/h1-5,8-10,12H,6-7,11H2. The highest BCUT2D eigenvalue weighted by Gasteiger charge is 2.35. The van der Waals surface area contributed by atoms with Crippen LogP contribution in [0, 0.1) is 0 Å². The molecule has 0 atom stereocenters. The molecule has 0 aliphatic heterocycles.